The predicted octanol–water partition coefficient (Wildman–Crippen LogP) is 0.614. The Morgan fingerprint density at radius 1 is 1.07 bits per heavy atom. The third-order valence-electron chi connectivity index (χ3n) is 5.15. The molecule has 0 aromatic heterocycles. The van der Waals surface area contributed by atoms with E-state index in [4.69, 9.17) is 26.4 Å². The molecule has 0 radical (unpaired) electrons. The van der Waals surface area contributed by atoms with E-state index in [1.165, 1.54) is 0 Å². The Hall–Kier alpha value is -2.10. The van der Waals surface area contributed by atoms with Crippen molar-refractivity contribution >= 4 is 23.2 Å². The number of thiocarbonyl (C=S) groups is 1. The van der Waals surface area contributed by atoms with Crippen molar-refractivity contribution in [1.82, 2.24) is 20.2 Å². The van der Waals surface area contributed by atoms with E-state index >= 15 is 0 Å². The van der Waals surface area contributed by atoms with Crippen molar-refractivity contribution in [3.8, 4) is 11.5 Å². The Morgan fingerprint density at radius 3 is 2.71 bits per heavy atom. The standard InChI is InChI=1S/C19H26N4O4S/c24-18(13-15-2-3-16-17(12-15)27-14-26-16)22-5-1-6-23(22)19(28)20-4-7-21-8-10-25-11-9-21/h2-3,12H,1,4-11,13-14H2,(H,20,28). The molecule has 0 unspecified atom stereocenters. The lowest BCUT2D eigenvalue weighted by Gasteiger charge is -2.31. The molecule has 1 N–H and O–H groups in total. The largest absolute Gasteiger partial charge is 0.454 e. The van der Waals surface area contributed by atoms with Crippen LogP contribution in [-0.2, 0) is 16.0 Å². The Balaban J connectivity index is 1.28. The maximum absolute atomic E-state index is 12.9. The second-order valence-corrected chi connectivity index (χ2v) is 7.43. The first-order valence-corrected chi connectivity index (χ1v) is 10.2. The molecule has 3 aliphatic heterocycles. The highest BCUT2D eigenvalue weighted by Gasteiger charge is 2.29. The second kappa shape index (κ2) is 8.93. The first-order valence-electron chi connectivity index (χ1n) is 9.75. The third-order valence-corrected chi connectivity index (χ3v) is 5.51. The van der Waals surface area contributed by atoms with Crippen molar-refractivity contribution in [1.29, 1.82) is 0 Å². The molecule has 2 fully saturated rings. The topological polar surface area (TPSA) is 66.5 Å². The molecule has 3 heterocycles. The van der Waals surface area contributed by atoms with Crippen molar-refractivity contribution in [2.24, 2.45) is 0 Å². The lowest BCUT2D eigenvalue weighted by molar-refractivity contribution is -0.138. The molecule has 1 aromatic rings. The van der Waals surface area contributed by atoms with E-state index < -0.39 is 0 Å². The van der Waals surface area contributed by atoms with Gasteiger partial charge in [-0.25, -0.2) is 0 Å². The molecule has 0 bridgehead atoms. The van der Waals surface area contributed by atoms with E-state index in [1.54, 1.807) is 5.01 Å². The number of amides is 1. The van der Waals surface area contributed by atoms with Crippen LogP contribution in [-0.4, -0.2) is 85.2 Å². The van der Waals surface area contributed by atoms with Gasteiger partial charge in [-0.1, -0.05) is 6.07 Å². The summed E-state index contributed by atoms with van der Waals surface area (Å²) in [5.41, 5.74) is 0.910. The van der Waals surface area contributed by atoms with E-state index in [-0.39, 0.29) is 12.7 Å². The molecule has 2 saturated heterocycles. The molecule has 152 valence electrons. The number of hydrogen-bond donors (Lipinski definition) is 1. The molecule has 0 saturated carbocycles. The SMILES string of the molecule is O=C(Cc1ccc2c(c1)OCO2)N1CCCN1C(=S)NCCN1CCOCC1. The Morgan fingerprint density at radius 2 is 1.86 bits per heavy atom. The average Bonchev–Trinajstić information content (AvgIpc) is 3.38. The van der Waals surface area contributed by atoms with Crippen LogP contribution in [0.3, 0.4) is 0 Å². The van der Waals surface area contributed by atoms with Crippen molar-refractivity contribution in [2.75, 3.05) is 59.3 Å². The van der Waals surface area contributed by atoms with Crippen molar-refractivity contribution in [3.05, 3.63) is 23.8 Å². The van der Waals surface area contributed by atoms with Crippen molar-refractivity contribution < 1.29 is 19.0 Å². The summed E-state index contributed by atoms with van der Waals surface area (Å²) >= 11 is 5.55. The van der Waals surface area contributed by atoms with Gasteiger partial charge in [0.05, 0.1) is 19.6 Å². The summed E-state index contributed by atoms with van der Waals surface area (Å²) in [4.78, 5) is 15.2. The predicted molar refractivity (Wildman–Crippen MR) is 107 cm³/mol. The molecule has 0 spiro atoms. The Kier molecular flexibility index (Phi) is 6.13. The molecule has 0 atom stereocenters. The average molecular weight is 407 g/mol. The number of benzene rings is 1. The monoisotopic (exact) mass is 406 g/mol. The highest BCUT2D eigenvalue weighted by Crippen LogP contribution is 2.32. The maximum atomic E-state index is 12.9. The summed E-state index contributed by atoms with van der Waals surface area (Å²) in [6, 6.07) is 5.63. The zero-order chi connectivity index (χ0) is 19.3. The van der Waals surface area contributed by atoms with Gasteiger partial charge in [0.15, 0.2) is 16.6 Å². The van der Waals surface area contributed by atoms with Gasteiger partial charge in [-0.15, -0.1) is 0 Å². The lowest BCUT2D eigenvalue weighted by atomic mass is 10.1. The lowest BCUT2D eigenvalue weighted by Crippen LogP contribution is -2.51. The minimum absolute atomic E-state index is 0.0358. The smallest absolute Gasteiger partial charge is 0.245 e. The van der Waals surface area contributed by atoms with Crippen LogP contribution in [0.2, 0.25) is 0 Å². The molecule has 0 aliphatic carbocycles. The van der Waals surface area contributed by atoms with E-state index in [9.17, 15) is 4.79 Å². The van der Waals surface area contributed by atoms with Gasteiger partial charge >= 0.3 is 0 Å². The molecular weight excluding hydrogens is 380 g/mol. The minimum Gasteiger partial charge on any atom is -0.454 e. The van der Waals surface area contributed by atoms with Gasteiger partial charge in [0.25, 0.3) is 0 Å². The quantitative estimate of drug-likeness (QED) is 0.714. The van der Waals surface area contributed by atoms with Gasteiger partial charge in [0.2, 0.25) is 12.7 Å². The number of nitrogens with zero attached hydrogens (tertiary/aromatic N) is 3. The molecule has 8 nitrogen and oxygen atoms in total. The molecule has 28 heavy (non-hydrogen) atoms. The fraction of sp³-hybridized carbons (Fsp3) is 0.579. The van der Waals surface area contributed by atoms with E-state index in [0.29, 0.717) is 23.8 Å². The van der Waals surface area contributed by atoms with Crippen LogP contribution in [0.25, 0.3) is 0 Å². The van der Waals surface area contributed by atoms with Gasteiger partial charge in [0, 0.05) is 39.3 Å². The number of ether oxygens (including phenoxy) is 3. The molecule has 1 amide bonds. The number of hydrogen-bond acceptors (Lipinski definition) is 6. The summed E-state index contributed by atoms with van der Waals surface area (Å²) in [5, 5.41) is 7.57. The number of fused-ring (bicyclic) bond motifs is 1. The first-order chi connectivity index (χ1) is 13.7. The van der Waals surface area contributed by atoms with Crippen molar-refractivity contribution in [3.63, 3.8) is 0 Å². The fourth-order valence-corrected chi connectivity index (χ4v) is 3.93. The molecule has 9 heteroatoms. The van der Waals surface area contributed by atoms with Gasteiger partial charge < -0.3 is 19.5 Å². The highest BCUT2D eigenvalue weighted by atomic mass is 32.1. The molecule has 1 aromatic carbocycles. The Labute approximate surface area is 170 Å². The number of rotatable bonds is 5. The van der Waals surface area contributed by atoms with Crippen LogP contribution in [0.4, 0.5) is 0 Å². The summed E-state index contributed by atoms with van der Waals surface area (Å²) in [7, 11) is 0. The number of carbonyl (C=O) groups is 1. The zero-order valence-electron chi connectivity index (χ0n) is 15.9. The maximum Gasteiger partial charge on any atom is 0.245 e. The van der Waals surface area contributed by atoms with Crippen LogP contribution in [0.1, 0.15) is 12.0 Å². The van der Waals surface area contributed by atoms with Crippen LogP contribution < -0.4 is 14.8 Å². The second-order valence-electron chi connectivity index (χ2n) is 7.04. The zero-order valence-corrected chi connectivity index (χ0v) is 16.7. The molecule has 3 aliphatic rings. The molecular formula is C19H26N4O4S. The normalized spacial score (nSPS) is 19.1. The first kappa shape index (κ1) is 19.2. The minimum atomic E-state index is 0.0358. The van der Waals surface area contributed by atoms with E-state index in [2.05, 4.69) is 10.2 Å². The van der Waals surface area contributed by atoms with Crippen LogP contribution in [0, 0.1) is 0 Å². The van der Waals surface area contributed by atoms with Crippen molar-refractivity contribution in [2.45, 2.75) is 12.8 Å². The Bertz CT molecular complexity index is 726. The van der Waals surface area contributed by atoms with E-state index in [1.807, 2.05) is 23.2 Å². The van der Waals surface area contributed by atoms with Crippen LogP contribution >= 0.6 is 12.2 Å². The summed E-state index contributed by atoms with van der Waals surface area (Å²) < 4.78 is 16.1. The number of carbonyl (C=O) groups excluding carboxylic acids is 1. The summed E-state index contributed by atoms with van der Waals surface area (Å²) in [5.74, 6) is 1.46. The number of hydrazine groups is 1. The summed E-state index contributed by atoms with van der Waals surface area (Å²) in [6.45, 7) is 6.86. The fourth-order valence-electron chi connectivity index (χ4n) is 3.64. The van der Waals surface area contributed by atoms with Crippen LogP contribution in [0.5, 0.6) is 11.5 Å². The third kappa shape index (κ3) is 4.48. The van der Waals surface area contributed by atoms with Gasteiger partial charge in [-0.2, -0.15) is 0 Å². The molecule has 4 rings (SSSR count). The summed E-state index contributed by atoms with van der Waals surface area (Å²) in [6.07, 6.45) is 1.22. The number of morpholine rings is 1. The van der Waals surface area contributed by atoms with Gasteiger partial charge in [-0.05, 0) is 36.3 Å². The highest BCUT2D eigenvalue weighted by molar-refractivity contribution is 7.80. The number of nitrogens with one attached hydrogen (secondary N) is 1. The van der Waals surface area contributed by atoms with Crippen LogP contribution in [0.15, 0.2) is 18.2 Å². The van der Waals surface area contributed by atoms with Gasteiger partial charge in [0.1, 0.15) is 0 Å². The van der Waals surface area contributed by atoms with E-state index in [0.717, 1.165) is 63.7 Å². The van der Waals surface area contributed by atoms with Gasteiger partial charge in [-0.3, -0.25) is 19.7 Å².